The van der Waals surface area contributed by atoms with Crippen molar-refractivity contribution in [2.75, 3.05) is 53.5 Å². The van der Waals surface area contributed by atoms with Gasteiger partial charge in [0.15, 0.2) is 12.2 Å². The first kappa shape index (κ1) is 22.5. The summed E-state index contributed by atoms with van der Waals surface area (Å²) in [6, 6.07) is 8.57. The van der Waals surface area contributed by atoms with Gasteiger partial charge in [-0.3, -0.25) is 14.6 Å². The molecule has 9 nitrogen and oxygen atoms in total. The lowest BCUT2D eigenvalue weighted by atomic mass is 10.1. The monoisotopic (exact) mass is 437 g/mol. The van der Waals surface area contributed by atoms with Gasteiger partial charge in [0.2, 0.25) is 0 Å². The van der Waals surface area contributed by atoms with Crippen LogP contribution in [0.15, 0.2) is 35.3 Å². The number of morpholine rings is 1. The van der Waals surface area contributed by atoms with Crippen molar-refractivity contribution >= 4 is 30.2 Å². The second-order valence-electron chi connectivity index (χ2n) is 7.69. The number of imide groups is 1. The van der Waals surface area contributed by atoms with Crippen LogP contribution in [0.3, 0.4) is 0 Å². The number of hydrogen-bond acceptors (Lipinski definition) is 7. The van der Waals surface area contributed by atoms with Crippen LogP contribution in [0.2, 0.25) is 0 Å². The smallest absolute Gasteiger partial charge is 0.328 e. The highest BCUT2D eigenvalue weighted by Crippen LogP contribution is 2.29. The molecule has 30 heavy (non-hydrogen) atoms. The number of urea groups is 1. The number of hydrogen-bond donors (Lipinski definition) is 1. The molecule has 0 radical (unpaired) electrons. The number of aliphatic hydroxyl groups excluding tert-OH is 1. The number of fused-ring (bicyclic) bond motifs is 1. The fraction of sp³-hybridized carbons (Fsp3) is 0.550. The Balaban J connectivity index is 0.00000256. The predicted molar refractivity (Wildman–Crippen MR) is 114 cm³/mol. The van der Waals surface area contributed by atoms with Gasteiger partial charge in [0.25, 0.3) is 5.91 Å². The van der Waals surface area contributed by atoms with E-state index in [1.807, 2.05) is 35.2 Å². The Labute approximate surface area is 182 Å². The highest BCUT2D eigenvalue weighted by atomic mass is 35.5. The number of carbonyl (C=O) groups is 2. The molecule has 3 unspecified atom stereocenters. The number of nitrogens with zero attached hydrogens (tertiary/aromatic N) is 5. The molecule has 10 heteroatoms. The summed E-state index contributed by atoms with van der Waals surface area (Å²) in [5.74, 6) is 0.330. The summed E-state index contributed by atoms with van der Waals surface area (Å²) in [7, 11) is 3.14. The van der Waals surface area contributed by atoms with Crippen LogP contribution in [0, 0.1) is 0 Å². The summed E-state index contributed by atoms with van der Waals surface area (Å²) in [5.41, 5.74) is 0.858. The average Bonchev–Trinajstić information content (AvgIpc) is 3.11. The number of rotatable bonds is 5. The highest BCUT2D eigenvalue weighted by molar-refractivity contribution is 6.08. The number of halogens is 1. The minimum atomic E-state index is -0.665. The van der Waals surface area contributed by atoms with Gasteiger partial charge in [-0.2, -0.15) is 0 Å². The van der Waals surface area contributed by atoms with Crippen LogP contribution in [0.1, 0.15) is 5.56 Å². The van der Waals surface area contributed by atoms with E-state index in [1.165, 1.54) is 11.9 Å². The Morgan fingerprint density at radius 2 is 1.80 bits per heavy atom. The topological polar surface area (TPSA) is 88.9 Å². The van der Waals surface area contributed by atoms with Gasteiger partial charge in [0.05, 0.1) is 19.3 Å². The second-order valence-corrected chi connectivity index (χ2v) is 7.69. The molecule has 3 aliphatic rings. The van der Waals surface area contributed by atoms with Crippen LogP contribution < -0.4 is 0 Å². The minimum Gasteiger partial charge on any atom is -0.390 e. The molecular weight excluding hydrogens is 410 g/mol. The van der Waals surface area contributed by atoms with Crippen molar-refractivity contribution in [3.05, 3.63) is 35.9 Å². The second kappa shape index (κ2) is 9.30. The fourth-order valence-electron chi connectivity index (χ4n) is 4.16. The number of β-amino-alcohol motifs (C(OH)–C–C–N with tert-alkyl or cyclic N) is 1. The Kier molecular flexibility index (Phi) is 6.97. The van der Waals surface area contributed by atoms with Crippen molar-refractivity contribution in [2.24, 2.45) is 4.99 Å². The molecule has 1 N–H and O–H groups in total. The largest absolute Gasteiger partial charge is 0.390 e. The van der Waals surface area contributed by atoms with Gasteiger partial charge in [0, 0.05) is 45.8 Å². The lowest BCUT2D eigenvalue weighted by Gasteiger charge is -2.41. The Morgan fingerprint density at radius 3 is 2.47 bits per heavy atom. The molecular formula is C20H28ClN5O4. The number of aliphatic hydroxyl groups is 1. The summed E-state index contributed by atoms with van der Waals surface area (Å²) in [4.78, 5) is 36.7. The number of carbonyl (C=O) groups excluding carboxylic acids is 2. The van der Waals surface area contributed by atoms with Crippen LogP contribution >= 0.6 is 12.4 Å². The van der Waals surface area contributed by atoms with Crippen LogP contribution in [0.25, 0.3) is 0 Å². The lowest BCUT2D eigenvalue weighted by molar-refractivity contribution is -0.136. The molecule has 0 bridgehead atoms. The summed E-state index contributed by atoms with van der Waals surface area (Å²) in [5, 5.41) is 10.8. The molecule has 0 spiro atoms. The zero-order chi connectivity index (χ0) is 20.5. The Morgan fingerprint density at radius 1 is 1.13 bits per heavy atom. The van der Waals surface area contributed by atoms with Crippen molar-refractivity contribution in [1.82, 2.24) is 19.6 Å². The van der Waals surface area contributed by atoms with Gasteiger partial charge in [0.1, 0.15) is 5.84 Å². The summed E-state index contributed by atoms with van der Waals surface area (Å²) in [6.07, 6.45) is -1.27. The fourth-order valence-corrected chi connectivity index (χ4v) is 4.16. The maximum Gasteiger partial charge on any atom is 0.328 e. The molecule has 1 aromatic carbocycles. The zero-order valence-corrected chi connectivity index (χ0v) is 18.0. The number of likely N-dealkylation sites (N-methyl/N-ethyl adjacent to an activating group) is 2. The first-order chi connectivity index (χ1) is 14.0. The minimum absolute atomic E-state index is 0. The third-order valence-corrected chi connectivity index (χ3v) is 5.73. The standard InChI is InChI=1S/C20H27N5O4.ClH/c1-22-18-16(19(27)23(2)20(22)28)25(17(21-18)14-6-4-3-5-7-14)13-15(26)12-24-8-10-29-11-9-24;/h3-7,15-16,18,26H,8-13H2,1-2H3;1H. The molecule has 0 aromatic heterocycles. The third-order valence-electron chi connectivity index (χ3n) is 5.73. The molecule has 1 aromatic rings. The Hall–Kier alpha value is -2.20. The number of amides is 3. The summed E-state index contributed by atoms with van der Waals surface area (Å²) < 4.78 is 5.37. The zero-order valence-electron chi connectivity index (χ0n) is 17.2. The molecule has 164 valence electrons. The van der Waals surface area contributed by atoms with Gasteiger partial charge in [-0.15, -0.1) is 12.4 Å². The van der Waals surface area contributed by atoms with E-state index in [-0.39, 0.29) is 30.9 Å². The summed E-state index contributed by atoms with van der Waals surface area (Å²) in [6.45, 7) is 3.64. The molecule has 3 aliphatic heterocycles. The molecule has 2 saturated heterocycles. The van der Waals surface area contributed by atoms with E-state index in [2.05, 4.69) is 4.90 Å². The van der Waals surface area contributed by atoms with Crippen molar-refractivity contribution in [3.8, 4) is 0 Å². The highest BCUT2D eigenvalue weighted by Gasteiger charge is 2.51. The molecule has 0 aliphatic carbocycles. The quantitative estimate of drug-likeness (QED) is 0.702. The Bertz CT molecular complexity index is 802. The van der Waals surface area contributed by atoms with E-state index >= 15 is 0 Å². The van der Waals surface area contributed by atoms with Gasteiger partial charge in [-0.05, 0) is 0 Å². The van der Waals surface area contributed by atoms with E-state index in [0.717, 1.165) is 23.6 Å². The maximum atomic E-state index is 13.0. The van der Waals surface area contributed by atoms with E-state index in [9.17, 15) is 14.7 Å². The number of ether oxygens (including phenoxy) is 1. The summed E-state index contributed by atoms with van der Waals surface area (Å²) >= 11 is 0. The van der Waals surface area contributed by atoms with Crippen molar-refractivity contribution in [2.45, 2.75) is 18.3 Å². The van der Waals surface area contributed by atoms with Crippen LogP contribution in [-0.2, 0) is 9.53 Å². The molecule has 0 saturated carbocycles. The van der Waals surface area contributed by atoms with E-state index < -0.39 is 18.3 Å². The van der Waals surface area contributed by atoms with Crippen LogP contribution in [0.5, 0.6) is 0 Å². The SMILES string of the molecule is CN1C(=O)C2C(N=C(c3ccccc3)N2CC(O)CN2CCOCC2)N(C)C1=O.Cl. The van der Waals surface area contributed by atoms with Gasteiger partial charge < -0.3 is 19.6 Å². The van der Waals surface area contributed by atoms with E-state index in [1.54, 1.807) is 7.05 Å². The first-order valence-corrected chi connectivity index (χ1v) is 9.89. The van der Waals surface area contributed by atoms with Crippen LogP contribution in [-0.4, -0.2) is 114 Å². The maximum absolute atomic E-state index is 13.0. The predicted octanol–water partition coefficient (Wildman–Crippen LogP) is 0.0822. The molecule has 2 fully saturated rings. The lowest BCUT2D eigenvalue weighted by Crippen LogP contribution is -2.64. The van der Waals surface area contributed by atoms with Gasteiger partial charge >= 0.3 is 6.03 Å². The number of benzene rings is 1. The van der Waals surface area contributed by atoms with E-state index in [0.29, 0.717) is 25.6 Å². The van der Waals surface area contributed by atoms with Gasteiger partial charge in [-0.1, -0.05) is 30.3 Å². The van der Waals surface area contributed by atoms with Crippen LogP contribution in [0.4, 0.5) is 4.79 Å². The molecule has 3 heterocycles. The van der Waals surface area contributed by atoms with Gasteiger partial charge in [-0.25, -0.2) is 9.79 Å². The third kappa shape index (κ3) is 4.15. The number of amidine groups is 1. The molecule has 4 rings (SSSR count). The van der Waals surface area contributed by atoms with Crippen molar-refractivity contribution in [3.63, 3.8) is 0 Å². The van der Waals surface area contributed by atoms with E-state index in [4.69, 9.17) is 9.73 Å². The average molecular weight is 438 g/mol. The van der Waals surface area contributed by atoms with Crippen molar-refractivity contribution < 1.29 is 19.4 Å². The normalized spacial score (nSPS) is 25.7. The first-order valence-electron chi connectivity index (χ1n) is 9.89. The molecule has 3 atom stereocenters. The molecule has 3 amide bonds. The van der Waals surface area contributed by atoms with Crippen molar-refractivity contribution in [1.29, 1.82) is 0 Å². The number of aliphatic imine (C=N–C) groups is 1.